The number of nitrogens with zero attached hydrogens (tertiary/aromatic N) is 1. The van der Waals surface area contributed by atoms with Crippen LogP contribution in [0.2, 0.25) is 0 Å². The molecule has 0 aliphatic heterocycles. The Kier molecular flexibility index (Phi) is 3.09. The molecule has 0 unspecified atom stereocenters. The first-order chi connectivity index (χ1) is 8.19. The van der Waals surface area contributed by atoms with Crippen LogP contribution >= 0.6 is 0 Å². The van der Waals surface area contributed by atoms with Gasteiger partial charge in [-0.15, -0.1) is 0 Å². The van der Waals surface area contributed by atoms with Gasteiger partial charge >= 0.3 is 6.01 Å². The topological polar surface area (TPSA) is 81.2 Å². The van der Waals surface area contributed by atoms with Crippen LogP contribution in [-0.2, 0) is 4.79 Å². The second-order valence-electron chi connectivity index (χ2n) is 3.56. The van der Waals surface area contributed by atoms with Crippen LogP contribution in [0.5, 0.6) is 0 Å². The van der Waals surface area contributed by atoms with Crippen molar-refractivity contribution >= 4 is 17.6 Å². The largest absolute Gasteiger partial charge is 0.431 e. The van der Waals surface area contributed by atoms with E-state index in [2.05, 4.69) is 10.3 Å². The van der Waals surface area contributed by atoms with E-state index in [0.29, 0.717) is 17.8 Å². The van der Waals surface area contributed by atoms with E-state index in [1.165, 1.54) is 6.26 Å². The van der Waals surface area contributed by atoms with Crippen LogP contribution in [0.3, 0.4) is 0 Å². The van der Waals surface area contributed by atoms with Crippen molar-refractivity contribution in [1.82, 2.24) is 4.98 Å². The van der Waals surface area contributed by atoms with Crippen LogP contribution in [0.15, 0.2) is 34.9 Å². The normalized spacial score (nSPS) is 10.2. The highest BCUT2D eigenvalue weighted by molar-refractivity contribution is 5.88. The van der Waals surface area contributed by atoms with Crippen LogP contribution < -0.4 is 11.1 Å². The van der Waals surface area contributed by atoms with Crippen molar-refractivity contribution in [3.05, 3.63) is 30.5 Å². The number of hydrogen-bond acceptors (Lipinski definition) is 4. The number of benzene rings is 1. The average Bonchev–Trinajstić information content (AvgIpc) is 2.78. The summed E-state index contributed by atoms with van der Waals surface area (Å²) in [4.78, 5) is 15.3. The molecular weight excluding hydrogens is 218 g/mol. The Hall–Kier alpha value is -2.30. The minimum absolute atomic E-state index is 0.129. The minimum Gasteiger partial charge on any atom is -0.431 e. The summed E-state index contributed by atoms with van der Waals surface area (Å²) < 4.78 is 5.15. The van der Waals surface area contributed by atoms with Gasteiger partial charge in [0.1, 0.15) is 12.0 Å². The van der Waals surface area contributed by atoms with Gasteiger partial charge in [0.05, 0.1) is 0 Å². The molecule has 0 atom stereocenters. The molecule has 0 spiro atoms. The Morgan fingerprint density at radius 2 is 2.12 bits per heavy atom. The molecule has 1 amide bonds. The molecule has 5 nitrogen and oxygen atoms in total. The summed E-state index contributed by atoms with van der Waals surface area (Å²) >= 11 is 0. The number of nitrogen functional groups attached to an aromatic ring is 1. The Morgan fingerprint density at radius 1 is 1.41 bits per heavy atom. The molecule has 0 radical (unpaired) electrons. The van der Waals surface area contributed by atoms with Gasteiger partial charge in [-0.05, 0) is 12.1 Å². The van der Waals surface area contributed by atoms with E-state index >= 15 is 0 Å². The lowest BCUT2D eigenvalue weighted by atomic mass is 10.1. The zero-order valence-corrected chi connectivity index (χ0v) is 9.43. The number of aromatic nitrogens is 1. The van der Waals surface area contributed by atoms with E-state index in [1.807, 2.05) is 12.1 Å². The van der Waals surface area contributed by atoms with Crippen molar-refractivity contribution in [2.75, 3.05) is 11.1 Å². The van der Waals surface area contributed by atoms with Gasteiger partial charge in [0.25, 0.3) is 0 Å². The van der Waals surface area contributed by atoms with Crippen LogP contribution in [0, 0.1) is 0 Å². The molecule has 5 heteroatoms. The molecule has 17 heavy (non-hydrogen) atoms. The van der Waals surface area contributed by atoms with E-state index in [9.17, 15) is 4.79 Å². The summed E-state index contributed by atoms with van der Waals surface area (Å²) in [5.74, 6) is -0.129. The summed E-state index contributed by atoms with van der Waals surface area (Å²) in [5, 5.41) is 2.55. The molecule has 0 fully saturated rings. The molecule has 2 rings (SSSR count). The van der Waals surface area contributed by atoms with Crippen molar-refractivity contribution in [3.8, 4) is 11.3 Å². The smallest absolute Gasteiger partial charge is 0.301 e. The summed E-state index contributed by atoms with van der Waals surface area (Å²) in [7, 11) is 0. The molecule has 2 aromatic rings. The summed E-state index contributed by atoms with van der Waals surface area (Å²) in [5.41, 5.74) is 7.84. The number of nitrogens with two attached hydrogens (primary N) is 1. The third-order valence-corrected chi connectivity index (χ3v) is 2.28. The average molecular weight is 231 g/mol. The maximum absolute atomic E-state index is 11.1. The van der Waals surface area contributed by atoms with Gasteiger partial charge in [0, 0.05) is 17.7 Å². The highest BCUT2D eigenvalue weighted by atomic mass is 16.4. The molecule has 1 aromatic carbocycles. The summed E-state index contributed by atoms with van der Waals surface area (Å²) in [6.45, 7) is 1.76. The zero-order chi connectivity index (χ0) is 12.3. The molecule has 0 saturated carbocycles. The fraction of sp³-hybridized carbons (Fsp3) is 0.167. The number of amides is 1. The zero-order valence-electron chi connectivity index (χ0n) is 9.43. The summed E-state index contributed by atoms with van der Waals surface area (Å²) in [6, 6.07) is 7.48. The van der Waals surface area contributed by atoms with Gasteiger partial charge in [-0.25, -0.2) is 0 Å². The maximum Gasteiger partial charge on any atom is 0.301 e. The number of rotatable bonds is 3. The first-order valence-corrected chi connectivity index (χ1v) is 5.30. The van der Waals surface area contributed by atoms with Crippen LogP contribution in [-0.4, -0.2) is 10.9 Å². The van der Waals surface area contributed by atoms with Gasteiger partial charge in [0.2, 0.25) is 5.91 Å². The van der Waals surface area contributed by atoms with E-state index in [1.54, 1.807) is 19.1 Å². The standard InChI is InChI=1S/C12H13N3O2/c1-2-11(16)15-12-14-10(7-17-12)8-3-5-9(13)6-4-8/h3-7H,2,13H2,1H3,(H,14,15,16). The fourth-order valence-corrected chi connectivity index (χ4v) is 1.33. The van der Waals surface area contributed by atoms with Crippen molar-refractivity contribution in [2.24, 2.45) is 0 Å². The van der Waals surface area contributed by atoms with E-state index in [-0.39, 0.29) is 11.9 Å². The number of anilines is 2. The molecule has 1 heterocycles. The lowest BCUT2D eigenvalue weighted by Gasteiger charge is -1.96. The fourth-order valence-electron chi connectivity index (χ4n) is 1.33. The minimum atomic E-state index is -0.129. The van der Waals surface area contributed by atoms with Gasteiger partial charge in [-0.3, -0.25) is 10.1 Å². The number of oxazole rings is 1. The lowest BCUT2D eigenvalue weighted by molar-refractivity contribution is -0.116. The SMILES string of the molecule is CCC(=O)Nc1nc(-c2ccc(N)cc2)co1. The van der Waals surface area contributed by atoms with Gasteiger partial charge in [0.15, 0.2) is 0 Å². The van der Waals surface area contributed by atoms with Gasteiger partial charge in [-0.1, -0.05) is 19.1 Å². The van der Waals surface area contributed by atoms with Crippen molar-refractivity contribution in [2.45, 2.75) is 13.3 Å². The number of carbonyl (C=O) groups is 1. The van der Waals surface area contributed by atoms with Crippen LogP contribution in [0.1, 0.15) is 13.3 Å². The Bertz CT molecular complexity index is 517. The number of hydrogen-bond donors (Lipinski definition) is 2. The second-order valence-corrected chi connectivity index (χ2v) is 3.56. The predicted octanol–water partition coefficient (Wildman–Crippen LogP) is 2.27. The van der Waals surface area contributed by atoms with Gasteiger partial charge < -0.3 is 10.2 Å². The highest BCUT2D eigenvalue weighted by Gasteiger charge is 2.07. The van der Waals surface area contributed by atoms with E-state index < -0.39 is 0 Å². The third-order valence-electron chi connectivity index (χ3n) is 2.28. The molecule has 3 N–H and O–H groups in total. The van der Waals surface area contributed by atoms with Crippen LogP contribution in [0.4, 0.5) is 11.7 Å². The Balaban J connectivity index is 2.18. The van der Waals surface area contributed by atoms with Crippen LogP contribution in [0.25, 0.3) is 11.3 Å². The monoisotopic (exact) mass is 231 g/mol. The number of carbonyl (C=O) groups excluding carboxylic acids is 1. The molecule has 1 aromatic heterocycles. The third kappa shape index (κ3) is 2.63. The molecule has 88 valence electrons. The first-order valence-electron chi connectivity index (χ1n) is 5.30. The molecule has 0 bridgehead atoms. The quantitative estimate of drug-likeness (QED) is 0.794. The van der Waals surface area contributed by atoms with E-state index in [0.717, 1.165) is 5.56 Å². The molecule has 0 saturated heterocycles. The van der Waals surface area contributed by atoms with E-state index in [4.69, 9.17) is 10.2 Å². The number of nitrogens with one attached hydrogen (secondary N) is 1. The first kappa shape index (κ1) is 11.2. The van der Waals surface area contributed by atoms with Crippen molar-refractivity contribution in [1.29, 1.82) is 0 Å². The maximum atomic E-state index is 11.1. The Morgan fingerprint density at radius 3 is 2.76 bits per heavy atom. The predicted molar refractivity (Wildman–Crippen MR) is 65.3 cm³/mol. The highest BCUT2D eigenvalue weighted by Crippen LogP contribution is 2.21. The lowest BCUT2D eigenvalue weighted by Crippen LogP contribution is -2.09. The second kappa shape index (κ2) is 4.69. The van der Waals surface area contributed by atoms with Gasteiger partial charge in [-0.2, -0.15) is 4.98 Å². The molecule has 0 aliphatic rings. The van der Waals surface area contributed by atoms with Crippen molar-refractivity contribution in [3.63, 3.8) is 0 Å². The Labute approximate surface area is 98.6 Å². The molecule has 0 aliphatic carbocycles. The molecular formula is C12H13N3O2. The van der Waals surface area contributed by atoms with Crippen molar-refractivity contribution < 1.29 is 9.21 Å². The summed E-state index contributed by atoms with van der Waals surface area (Å²) in [6.07, 6.45) is 1.89.